The first-order valence-electron chi connectivity index (χ1n) is 6.97. The Morgan fingerprint density at radius 2 is 2.24 bits per heavy atom. The first-order valence-corrected chi connectivity index (χ1v) is 9.24. The Labute approximate surface area is 134 Å². The van der Waals surface area contributed by atoms with E-state index in [1.807, 2.05) is 0 Å². The third-order valence-corrected chi connectivity index (χ3v) is 6.11. The van der Waals surface area contributed by atoms with Crippen LogP contribution in [0, 0.1) is 5.92 Å². The molecule has 6 nitrogen and oxygen atoms in total. The number of sulfonamides is 1. The standard InChI is InChI=1S/C13H22BrN3O3S/c1-9-8-17(3)5-4-11(9)16-21(18,19)12-6-10(7-15-2)20-13(12)14/h6,9,11,15-16H,4-5,7-8H2,1-3H3. The third-order valence-electron chi connectivity index (χ3n) is 3.76. The molecule has 1 aliphatic heterocycles. The Bertz CT molecular complexity index is 587. The van der Waals surface area contributed by atoms with Crippen LogP contribution in [0.5, 0.6) is 0 Å². The second kappa shape index (κ2) is 6.78. The van der Waals surface area contributed by atoms with Crippen molar-refractivity contribution in [3.63, 3.8) is 0 Å². The van der Waals surface area contributed by atoms with Gasteiger partial charge in [-0.15, -0.1) is 0 Å². The van der Waals surface area contributed by atoms with Gasteiger partial charge in [0.2, 0.25) is 10.0 Å². The van der Waals surface area contributed by atoms with Crippen molar-refractivity contribution >= 4 is 26.0 Å². The summed E-state index contributed by atoms with van der Waals surface area (Å²) in [7, 11) is 0.259. The van der Waals surface area contributed by atoms with E-state index in [9.17, 15) is 8.42 Å². The van der Waals surface area contributed by atoms with Gasteiger partial charge in [0.15, 0.2) is 4.67 Å². The van der Waals surface area contributed by atoms with E-state index in [4.69, 9.17) is 4.42 Å². The smallest absolute Gasteiger partial charge is 0.245 e. The number of nitrogens with zero attached hydrogens (tertiary/aromatic N) is 1. The molecule has 21 heavy (non-hydrogen) atoms. The van der Waals surface area contributed by atoms with Crippen LogP contribution < -0.4 is 10.0 Å². The topological polar surface area (TPSA) is 74.6 Å². The number of nitrogens with one attached hydrogen (secondary N) is 2. The van der Waals surface area contributed by atoms with Gasteiger partial charge in [-0.25, -0.2) is 13.1 Å². The molecule has 1 fully saturated rings. The van der Waals surface area contributed by atoms with Crippen LogP contribution in [0.1, 0.15) is 19.1 Å². The van der Waals surface area contributed by atoms with Gasteiger partial charge in [-0.1, -0.05) is 6.92 Å². The zero-order chi connectivity index (χ0) is 15.6. The van der Waals surface area contributed by atoms with Crippen LogP contribution in [-0.4, -0.2) is 46.5 Å². The summed E-state index contributed by atoms with van der Waals surface area (Å²) in [6, 6.07) is 1.52. The highest BCUT2D eigenvalue weighted by atomic mass is 79.9. The normalized spacial score (nSPS) is 24.4. The summed E-state index contributed by atoms with van der Waals surface area (Å²) in [6.07, 6.45) is 0.815. The molecule has 1 aromatic heterocycles. The summed E-state index contributed by atoms with van der Waals surface area (Å²) >= 11 is 3.19. The van der Waals surface area contributed by atoms with Crippen LogP contribution in [0.4, 0.5) is 0 Å². The van der Waals surface area contributed by atoms with Crippen LogP contribution in [0.2, 0.25) is 0 Å². The highest BCUT2D eigenvalue weighted by Crippen LogP contribution is 2.27. The Morgan fingerprint density at radius 3 is 2.86 bits per heavy atom. The molecule has 0 aliphatic carbocycles. The van der Waals surface area contributed by atoms with Crippen LogP contribution in [0.15, 0.2) is 20.0 Å². The predicted molar refractivity (Wildman–Crippen MR) is 84.6 cm³/mol. The third kappa shape index (κ3) is 4.07. The highest BCUT2D eigenvalue weighted by molar-refractivity contribution is 9.10. The molecule has 0 radical (unpaired) electrons. The van der Waals surface area contributed by atoms with E-state index in [1.165, 1.54) is 0 Å². The highest BCUT2D eigenvalue weighted by Gasteiger charge is 2.30. The average Bonchev–Trinajstić information content (AvgIpc) is 2.75. The minimum atomic E-state index is -3.58. The molecule has 2 N–H and O–H groups in total. The molecule has 8 heteroatoms. The molecule has 2 atom stereocenters. The lowest BCUT2D eigenvalue weighted by atomic mass is 9.95. The van der Waals surface area contributed by atoms with E-state index in [2.05, 4.69) is 44.8 Å². The van der Waals surface area contributed by atoms with Gasteiger partial charge in [-0.2, -0.15) is 0 Å². The van der Waals surface area contributed by atoms with Crippen molar-refractivity contribution in [1.29, 1.82) is 0 Å². The van der Waals surface area contributed by atoms with Crippen LogP contribution >= 0.6 is 15.9 Å². The predicted octanol–water partition coefficient (Wildman–Crippen LogP) is 1.38. The summed E-state index contributed by atoms with van der Waals surface area (Å²) in [4.78, 5) is 2.38. The maximum atomic E-state index is 12.5. The summed E-state index contributed by atoms with van der Waals surface area (Å²) in [5, 5.41) is 2.93. The largest absolute Gasteiger partial charge is 0.452 e. The van der Waals surface area contributed by atoms with Crippen molar-refractivity contribution in [2.45, 2.75) is 30.8 Å². The second-order valence-electron chi connectivity index (χ2n) is 5.64. The van der Waals surface area contributed by atoms with Crippen molar-refractivity contribution in [2.24, 2.45) is 5.92 Å². The molecule has 1 saturated heterocycles. The molecule has 1 aliphatic rings. The first kappa shape index (κ1) is 17.0. The molecule has 0 aromatic carbocycles. The number of furan rings is 1. The second-order valence-corrected chi connectivity index (χ2v) is 8.04. The number of halogens is 1. The van der Waals surface area contributed by atoms with Crippen LogP contribution in [0.25, 0.3) is 0 Å². The van der Waals surface area contributed by atoms with Gasteiger partial charge in [0.1, 0.15) is 10.7 Å². The Balaban J connectivity index is 2.15. The molecule has 2 heterocycles. The quantitative estimate of drug-likeness (QED) is 0.808. The van der Waals surface area contributed by atoms with Gasteiger partial charge in [0, 0.05) is 18.7 Å². The molecule has 0 spiro atoms. The molecular weight excluding hydrogens is 358 g/mol. The molecule has 2 rings (SSSR count). The molecular formula is C13H22BrN3O3S. The summed E-state index contributed by atoms with van der Waals surface area (Å²) in [5.41, 5.74) is 0. The minimum Gasteiger partial charge on any atom is -0.452 e. The fourth-order valence-electron chi connectivity index (χ4n) is 2.63. The summed E-state index contributed by atoms with van der Waals surface area (Å²) < 4.78 is 33.5. The van der Waals surface area contributed by atoms with Crippen molar-refractivity contribution in [3.05, 3.63) is 16.5 Å². The zero-order valence-corrected chi connectivity index (χ0v) is 14.9. The van der Waals surface area contributed by atoms with Crippen molar-refractivity contribution in [2.75, 3.05) is 27.2 Å². The van der Waals surface area contributed by atoms with E-state index >= 15 is 0 Å². The molecule has 0 saturated carbocycles. The zero-order valence-electron chi connectivity index (χ0n) is 12.5. The molecule has 0 bridgehead atoms. The number of hydrogen-bond donors (Lipinski definition) is 2. The van der Waals surface area contributed by atoms with Crippen molar-refractivity contribution in [3.8, 4) is 0 Å². The maximum Gasteiger partial charge on any atom is 0.245 e. The SMILES string of the molecule is CNCc1cc(S(=O)(=O)NC2CCN(C)CC2C)c(Br)o1. The van der Waals surface area contributed by atoms with Crippen LogP contribution in [-0.2, 0) is 16.6 Å². The molecule has 120 valence electrons. The average molecular weight is 380 g/mol. The monoisotopic (exact) mass is 379 g/mol. The number of piperidine rings is 1. The molecule has 0 amide bonds. The number of hydrogen-bond acceptors (Lipinski definition) is 5. The van der Waals surface area contributed by atoms with E-state index < -0.39 is 10.0 Å². The van der Waals surface area contributed by atoms with E-state index in [0.717, 1.165) is 19.5 Å². The van der Waals surface area contributed by atoms with Gasteiger partial charge >= 0.3 is 0 Å². The summed E-state index contributed by atoms with van der Waals surface area (Å²) in [6.45, 7) is 4.35. The summed E-state index contributed by atoms with van der Waals surface area (Å²) in [5.74, 6) is 0.863. The molecule has 2 unspecified atom stereocenters. The lowest BCUT2D eigenvalue weighted by Gasteiger charge is -2.34. The number of rotatable bonds is 5. The van der Waals surface area contributed by atoms with E-state index in [1.54, 1.807) is 13.1 Å². The fourth-order valence-corrected chi connectivity index (χ4v) is 5.01. The Hall–Kier alpha value is -0.410. The first-order chi connectivity index (χ1) is 9.83. The number of likely N-dealkylation sites (tertiary alicyclic amines) is 1. The fraction of sp³-hybridized carbons (Fsp3) is 0.692. The van der Waals surface area contributed by atoms with Gasteiger partial charge in [-0.05, 0) is 48.9 Å². The Kier molecular flexibility index (Phi) is 5.48. The lowest BCUT2D eigenvalue weighted by Crippen LogP contribution is -2.48. The van der Waals surface area contributed by atoms with E-state index in [-0.39, 0.29) is 21.5 Å². The maximum absolute atomic E-state index is 12.5. The minimum absolute atomic E-state index is 0.0410. The van der Waals surface area contributed by atoms with Gasteiger partial charge in [-0.3, -0.25) is 0 Å². The lowest BCUT2D eigenvalue weighted by molar-refractivity contribution is 0.188. The van der Waals surface area contributed by atoms with Crippen LogP contribution in [0.3, 0.4) is 0 Å². The Morgan fingerprint density at radius 1 is 1.52 bits per heavy atom. The molecule has 1 aromatic rings. The van der Waals surface area contributed by atoms with Gasteiger partial charge in [0.05, 0.1) is 6.54 Å². The van der Waals surface area contributed by atoms with Crippen molar-refractivity contribution in [1.82, 2.24) is 14.9 Å². The van der Waals surface area contributed by atoms with E-state index in [0.29, 0.717) is 12.3 Å². The van der Waals surface area contributed by atoms with Gasteiger partial charge in [0.25, 0.3) is 0 Å². The van der Waals surface area contributed by atoms with Crippen molar-refractivity contribution < 1.29 is 12.8 Å². The van der Waals surface area contributed by atoms with Gasteiger partial charge < -0.3 is 14.6 Å².